The molecule has 1 aliphatic carbocycles. The number of aliphatic carboxylic acids is 1. The Bertz CT molecular complexity index is 541. The summed E-state index contributed by atoms with van der Waals surface area (Å²) in [6.07, 6.45) is 0.684. The van der Waals surface area contributed by atoms with Gasteiger partial charge in [-0.05, 0) is 24.5 Å². The number of carboxylic acids is 1. The molecule has 0 atom stereocenters. The fraction of sp³-hybridized carbons (Fsp3) is 0.429. The van der Waals surface area contributed by atoms with Crippen molar-refractivity contribution in [3.8, 4) is 0 Å². The van der Waals surface area contributed by atoms with Crippen LogP contribution in [0.5, 0.6) is 0 Å². The normalized spacial score (nSPS) is 21.1. The second-order valence-corrected chi connectivity index (χ2v) is 5.08. The number of carbonyl (C=O) groups excluding carboxylic acids is 1. The molecule has 108 valence electrons. The van der Waals surface area contributed by atoms with Crippen LogP contribution in [-0.4, -0.2) is 35.0 Å². The van der Waals surface area contributed by atoms with Crippen molar-refractivity contribution in [3.05, 3.63) is 35.4 Å². The van der Waals surface area contributed by atoms with Gasteiger partial charge in [-0.3, -0.25) is 9.59 Å². The van der Waals surface area contributed by atoms with E-state index in [4.69, 9.17) is 5.11 Å². The van der Waals surface area contributed by atoms with Crippen molar-refractivity contribution >= 4 is 11.9 Å². The third-order valence-corrected chi connectivity index (χ3v) is 3.76. The summed E-state index contributed by atoms with van der Waals surface area (Å²) in [6, 6.07) is 2.98. The molecule has 6 heteroatoms. The maximum Gasteiger partial charge on any atom is 0.306 e. The van der Waals surface area contributed by atoms with Crippen molar-refractivity contribution < 1.29 is 23.5 Å². The van der Waals surface area contributed by atoms with E-state index in [9.17, 15) is 18.4 Å². The van der Waals surface area contributed by atoms with Crippen molar-refractivity contribution in [1.29, 1.82) is 0 Å². The molecule has 20 heavy (non-hydrogen) atoms. The smallest absolute Gasteiger partial charge is 0.306 e. The Labute approximate surface area is 115 Å². The van der Waals surface area contributed by atoms with Gasteiger partial charge in [0, 0.05) is 19.2 Å². The third-order valence-electron chi connectivity index (χ3n) is 3.76. The van der Waals surface area contributed by atoms with Gasteiger partial charge in [-0.2, -0.15) is 0 Å². The van der Waals surface area contributed by atoms with Crippen LogP contribution in [-0.2, 0) is 16.0 Å². The quantitative estimate of drug-likeness (QED) is 0.917. The molecule has 1 fully saturated rings. The molecule has 0 heterocycles. The lowest BCUT2D eigenvalue weighted by Crippen LogP contribution is -2.48. The molecule has 2 rings (SSSR count). The van der Waals surface area contributed by atoms with E-state index in [1.54, 1.807) is 7.05 Å². The van der Waals surface area contributed by atoms with Crippen LogP contribution in [0.4, 0.5) is 8.78 Å². The number of amides is 1. The summed E-state index contributed by atoms with van der Waals surface area (Å²) in [4.78, 5) is 24.1. The van der Waals surface area contributed by atoms with Crippen LogP contribution in [0.3, 0.4) is 0 Å². The fourth-order valence-corrected chi connectivity index (χ4v) is 2.26. The van der Waals surface area contributed by atoms with Gasteiger partial charge in [0.05, 0.1) is 12.3 Å². The second-order valence-electron chi connectivity index (χ2n) is 5.08. The number of rotatable bonds is 4. The molecule has 0 unspecified atom stereocenters. The molecule has 1 N–H and O–H groups in total. The molecule has 1 aliphatic rings. The molecular weight excluding hydrogens is 268 g/mol. The largest absolute Gasteiger partial charge is 0.481 e. The zero-order valence-electron chi connectivity index (χ0n) is 11.0. The lowest BCUT2D eigenvalue weighted by molar-refractivity contribution is -0.149. The molecule has 0 bridgehead atoms. The summed E-state index contributed by atoms with van der Waals surface area (Å²) in [5.41, 5.74) is 0.136. The van der Waals surface area contributed by atoms with E-state index in [2.05, 4.69) is 0 Å². The highest BCUT2D eigenvalue weighted by Gasteiger charge is 2.38. The van der Waals surface area contributed by atoms with Gasteiger partial charge in [0.15, 0.2) is 0 Å². The maximum atomic E-state index is 13.5. The number of hydrogen-bond donors (Lipinski definition) is 1. The summed E-state index contributed by atoms with van der Waals surface area (Å²) in [5, 5.41) is 8.78. The fourth-order valence-electron chi connectivity index (χ4n) is 2.26. The van der Waals surface area contributed by atoms with Crippen LogP contribution in [0.1, 0.15) is 18.4 Å². The summed E-state index contributed by atoms with van der Waals surface area (Å²) in [7, 11) is 1.58. The van der Waals surface area contributed by atoms with E-state index in [1.165, 1.54) is 11.0 Å². The van der Waals surface area contributed by atoms with E-state index >= 15 is 0 Å². The molecule has 1 aromatic rings. The highest BCUT2D eigenvalue weighted by Crippen LogP contribution is 2.31. The van der Waals surface area contributed by atoms with Crippen molar-refractivity contribution in [2.24, 2.45) is 5.92 Å². The van der Waals surface area contributed by atoms with Crippen molar-refractivity contribution in [3.63, 3.8) is 0 Å². The van der Waals surface area contributed by atoms with Crippen molar-refractivity contribution in [2.45, 2.75) is 25.3 Å². The first-order valence-corrected chi connectivity index (χ1v) is 6.31. The average molecular weight is 283 g/mol. The topological polar surface area (TPSA) is 57.6 Å². The molecule has 0 spiro atoms. The Morgan fingerprint density at radius 1 is 1.35 bits per heavy atom. The van der Waals surface area contributed by atoms with Crippen LogP contribution >= 0.6 is 0 Å². The van der Waals surface area contributed by atoms with Gasteiger partial charge >= 0.3 is 5.97 Å². The number of carbonyl (C=O) groups is 2. The van der Waals surface area contributed by atoms with E-state index in [-0.39, 0.29) is 23.9 Å². The summed E-state index contributed by atoms with van der Waals surface area (Å²) >= 11 is 0. The monoisotopic (exact) mass is 283 g/mol. The van der Waals surface area contributed by atoms with E-state index in [0.29, 0.717) is 12.8 Å². The molecular formula is C14H15F2NO3. The van der Waals surface area contributed by atoms with E-state index in [1.807, 2.05) is 0 Å². The predicted octanol–water partition coefficient (Wildman–Crippen LogP) is 1.83. The van der Waals surface area contributed by atoms with Crippen LogP contribution in [0.2, 0.25) is 0 Å². The number of carboxylic acid groups (broad SMARTS) is 1. The van der Waals surface area contributed by atoms with Gasteiger partial charge in [0.1, 0.15) is 11.6 Å². The van der Waals surface area contributed by atoms with Crippen LogP contribution < -0.4 is 0 Å². The minimum atomic E-state index is -0.855. The molecule has 4 nitrogen and oxygen atoms in total. The zero-order chi connectivity index (χ0) is 14.9. The van der Waals surface area contributed by atoms with Crippen LogP contribution in [0.15, 0.2) is 18.2 Å². The Morgan fingerprint density at radius 2 is 2.00 bits per heavy atom. The van der Waals surface area contributed by atoms with Crippen molar-refractivity contribution in [1.82, 2.24) is 4.90 Å². The Kier molecular flexibility index (Phi) is 4.01. The Balaban J connectivity index is 1.93. The van der Waals surface area contributed by atoms with E-state index < -0.39 is 23.5 Å². The first-order valence-electron chi connectivity index (χ1n) is 6.31. The Hall–Kier alpha value is -1.98. The molecule has 0 saturated heterocycles. The van der Waals surface area contributed by atoms with Gasteiger partial charge < -0.3 is 10.0 Å². The summed E-state index contributed by atoms with van der Waals surface area (Å²) < 4.78 is 26.2. The molecule has 1 saturated carbocycles. The van der Waals surface area contributed by atoms with Gasteiger partial charge in [-0.1, -0.05) is 6.07 Å². The number of benzene rings is 1. The number of halogens is 2. The lowest BCUT2D eigenvalue weighted by atomic mass is 9.79. The molecule has 0 aliphatic heterocycles. The van der Waals surface area contributed by atoms with Crippen LogP contribution in [0.25, 0.3) is 0 Å². The highest BCUT2D eigenvalue weighted by molar-refractivity contribution is 5.79. The zero-order valence-corrected chi connectivity index (χ0v) is 11.0. The van der Waals surface area contributed by atoms with Gasteiger partial charge in [-0.25, -0.2) is 8.78 Å². The third kappa shape index (κ3) is 2.95. The molecule has 1 amide bonds. The molecule has 0 aromatic heterocycles. The minimum Gasteiger partial charge on any atom is -0.481 e. The minimum absolute atomic E-state index is 0.118. The second kappa shape index (κ2) is 5.56. The SMILES string of the molecule is CN(C(=O)Cc1ccc(F)cc1F)C1CC(C(=O)O)C1. The first-order chi connectivity index (χ1) is 9.38. The van der Waals surface area contributed by atoms with Crippen molar-refractivity contribution in [2.75, 3.05) is 7.05 Å². The molecule has 1 aromatic carbocycles. The predicted molar refractivity (Wildman–Crippen MR) is 67.0 cm³/mol. The summed E-state index contributed by atoms with van der Waals surface area (Å²) in [5.74, 6) is -2.99. The standard InChI is InChI=1S/C14H15F2NO3/c1-17(11-4-9(5-11)14(19)20)13(18)6-8-2-3-10(15)7-12(8)16/h2-3,7,9,11H,4-6H2,1H3,(H,19,20). The van der Waals surface area contributed by atoms with E-state index in [0.717, 1.165) is 12.1 Å². The lowest BCUT2D eigenvalue weighted by Gasteiger charge is -2.39. The highest BCUT2D eigenvalue weighted by atomic mass is 19.1. The van der Waals surface area contributed by atoms with Gasteiger partial charge in [-0.15, -0.1) is 0 Å². The van der Waals surface area contributed by atoms with Gasteiger partial charge in [0.25, 0.3) is 0 Å². The van der Waals surface area contributed by atoms with Crippen LogP contribution in [0, 0.1) is 17.6 Å². The molecule has 0 radical (unpaired) electrons. The maximum absolute atomic E-state index is 13.5. The number of nitrogens with zero attached hydrogens (tertiary/aromatic N) is 1. The van der Waals surface area contributed by atoms with Gasteiger partial charge in [0.2, 0.25) is 5.91 Å². The first kappa shape index (κ1) is 14.4. The Morgan fingerprint density at radius 3 is 2.55 bits per heavy atom. The number of hydrogen-bond acceptors (Lipinski definition) is 2. The summed E-state index contributed by atoms with van der Waals surface area (Å²) in [6.45, 7) is 0. The number of likely N-dealkylation sites (N-methyl/N-ethyl adjacent to an activating group) is 1. The average Bonchev–Trinajstić information content (AvgIpc) is 2.30.